The van der Waals surface area contributed by atoms with E-state index in [2.05, 4.69) is 27.4 Å². The van der Waals surface area contributed by atoms with Crippen molar-refractivity contribution in [3.8, 4) is 0 Å². The highest BCUT2D eigenvalue weighted by atomic mass is 15.3. The monoisotopic (exact) mass is 281 g/mol. The molecule has 1 unspecified atom stereocenters. The Morgan fingerprint density at radius 1 is 1.19 bits per heavy atom. The topological polar surface area (TPSA) is 69.6 Å². The van der Waals surface area contributed by atoms with Crippen LogP contribution in [0, 0.1) is 13.8 Å². The van der Waals surface area contributed by atoms with Gasteiger partial charge in [-0.3, -0.25) is 4.68 Å². The van der Waals surface area contributed by atoms with Crippen molar-refractivity contribution >= 4 is 10.9 Å². The van der Waals surface area contributed by atoms with E-state index in [4.69, 9.17) is 5.73 Å². The van der Waals surface area contributed by atoms with E-state index in [0.29, 0.717) is 6.42 Å². The van der Waals surface area contributed by atoms with E-state index in [1.807, 2.05) is 43.8 Å². The fraction of sp³-hybridized carbons (Fsp3) is 0.312. The van der Waals surface area contributed by atoms with Crippen LogP contribution < -0.4 is 5.73 Å². The number of hydrogen-bond acceptors (Lipinski definition) is 4. The lowest BCUT2D eigenvalue weighted by Crippen LogP contribution is -2.16. The van der Waals surface area contributed by atoms with E-state index in [9.17, 15) is 0 Å². The molecule has 1 atom stereocenters. The number of nitrogens with zero attached hydrogens (tertiary/aromatic N) is 4. The summed E-state index contributed by atoms with van der Waals surface area (Å²) in [7, 11) is 1.96. The Hall–Kier alpha value is -2.27. The van der Waals surface area contributed by atoms with Crippen LogP contribution in [0.3, 0.4) is 0 Å². The highest BCUT2D eigenvalue weighted by Crippen LogP contribution is 2.23. The molecule has 0 fully saturated rings. The zero-order valence-electron chi connectivity index (χ0n) is 12.5. The fourth-order valence-electron chi connectivity index (χ4n) is 2.70. The molecule has 0 aliphatic carbocycles. The Kier molecular flexibility index (Phi) is 3.43. The summed E-state index contributed by atoms with van der Waals surface area (Å²) in [5.74, 6) is 0. The number of rotatable bonds is 3. The molecule has 0 bridgehead atoms. The van der Waals surface area contributed by atoms with Crippen LogP contribution in [0.5, 0.6) is 0 Å². The van der Waals surface area contributed by atoms with Gasteiger partial charge in [-0.2, -0.15) is 15.3 Å². The summed E-state index contributed by atoms with van der Waals surface area (Å²) in [6.45, 7) is 3.87. The standard InChI is InChI=1S/C16H19N5/c1-10-8-13(11(2)19-18-10)14(17)9-15-12-6-4-5-7-16(12)21(3)20-15/h4-8,14H,9,17H2,1-3H3. The Bertz CT molecular complexity index is 790. The molecular formula is C16H19N5. The molecule has 3 rings (SSSR count). The minimum absolute atomic E-state index is 0.127. The van der Waals surface area contributed by atoms with Crippen LogP contribution in [0.4, 0.5) is 0 Å². The van der Waals surface area contributed by atoms with Gasteiger partial charge in [0.1, 0.15) is 0 Å². The van der Waals surface area contributed by atoms with Crippen molar-refractivity contribution in [2.75, 3.05) is 0 Å². The maximum Gasteiger partial charge on any atom is 0.0722 e. The SMILES string of the molecule is Cc1cc(C(N)Cc2nn(C)c3ccccc23)c(C)nn1. The van der Waals surface area contributed by atoms with Crippen LogP contribution in [-0.2, 0) is 13.5 Å². The van der Waals surface area contributed by atoms with Crippen LogP contribution in [-0.4, -0.2) is 20.0 Å². The molecule has 1 aromatic carbocycles. The molecule has 2 heterocycles. The van der Waals surface area contributed by atoms with Crippen molar-refractivity contribution in [3.05, 3.63) is 53.0 Å². The van der Waals surface area contributed by atoms with Crippen molar-refractivity contribution < 1.29 is 0 Å². The third kappa shape index (κ3) is 2.52. The summed E-state index contributed by atoms with van der Waals surface area (Å²) in [5.41, 5.74) is 11.3. The summed E-state index contributed by atoms with van der Waals surface area (Å²) in [4.78, 5) is 0. The van der Waals surface area contributed by atoms with Gasteiger partial charge in [0.25, 0.3) is 0 Å². The van der Waals surface area contributed by atoms with Crippen LogP contribution >= 0.6 is 0 Å². The van der Waals surface area contributed by atoms with Crippen LogP contribution in [0.25, 0.3) is 10.9 Å². The first kappa shape index (κ1) is 13.7. The molecule has 0 amide bonds. The van der Waals surface area contributed by atoms with Gasteiger partial charge in [-0.15, -0.1) is 0 Å². The second-order valence-electron chi connectivity index (χ2n) is 5.42. The lowest BCUT2D eigenvalue weighted by Gasteiger charge is -2.13. The lowest BCUT2D eigenvalue weighted by atomic mass is 10.00. The molecule has 0 spiro atoms. The first-order chi connectivity index (χ1) is 10.1. The van der Waals surface area contributed by atoms with Crippen molar-refractivity contribution in [1.29, 1.82) is 0 Å². The molecular weight excluding hydrogens is 262 g/mol. The Morgan fingerprint density at radius 3 is 2.76 bits per heavy atom. The first-order valence-corrected chi connectivity index (χ1v) is 7.03. The smallest absolute Gasteiger partial charge is 0.0722 e. The maximum absolute atomic E-state index is 6.38. The summed E-state index contributed by atoms with van der Waals surface area (Å²) in [6.07, 6.45) is 0.688. The van der Waals surface area contributed by atoms with Gasteiger partial charge in [-0.1, -0.05) is 18.2 Å². The van der Waals surface area contributed by atoms with Crippen LogP contribution in [0.15, 0.2) is 30.3 Å². The third-order valence-electron chi connectivity index (χ3n) is 3.79. The second kappa shape index (κ2) is 5.26. The van der Waals surface area contributed by atoms with Gasteiger partial charge in [-0.25, -0.2) is 0 Å². The number of benzene rings is 1. The fourth-order valence-corrected chi connectivity index (χ4v) is 2.70. The van der Waals surface area contributed by atoms with Crippen molar-refractivity contribution in [2.24, 2.45) is 12.8 Å². The molecule has 5 nitrogen and oxygen atoms in total. The minimum Gasteiger partial charge on any atom is -0.324 e. The average Bonchev–Trinajstić information content (AvgIpc) is 2.78. The number of aromatic nitrogens is 4. The zero-order valence-corrected chi connectivity index (χ0v) is 12.5. The number of fused-ring (bicyclic) bond motifs is 1. The van der Waals surface area contributed by atoms with E-state index in [0.717, 1.165) is 33.5 Å². The summed E-state index contributed by atoms with van der Waals surface area (Å²) < 4.78 is 1.90. The lowest BCUT2D eigenvalue weighted by molar-refractivity contribution is 0.669. The van der Waals surface area contributed by atoms with Crippen molar-refractivity contribution in [3.63, 3.8) is 0 Å². The number of para-hydroxylation sites is 1. The van der Waals surface area contributed by atoms with Crippen molar-refractivity contribution in [2.45, 2.75) is 26.3 Å². The maximum atomic E-state index is 6.38. The third-order valence-corrected chi connectivity index (χ3v) is 3.79. The molecule has 0 saturated heterocycles. The number of nitrogens with two attached hydrogens (primary N) is 1. The van der Waals surface area contributed by atoms with Crippen LogP contribution in [0.2, 0.25) is 0 Å². The zero-order chi connectivity index (χ0) is 15.0. The van der Waals surface area contributed by atoms with Crippen LogP contribution in [0.1, 0.15) is 28.7 Å². The first-order valence-electron chi connectivity index (χ1n) is 7.03. The number of aryl methyl sites for hydroxylation is 3. The summed E-state index contributed by atoms with van der Waals surface area (Å²) >= 11 is 0. The highest BCUT2D eigenvalue weighted by molar-refractivity contribution is 5.81. The molecule has 21 heavy (non-hydrogen) atoms. The van der Waals surface area contributed by atoms with Crippen molar-refractivity contribution in [1.82, 2.24) is 20.0 Å². The predicted octanol–water partition coefficient (Wildman–Crippen LogP) is 2.22. The van der Waals surface area contributed by atoms with Gasteiger partial charge in [0.05, 0.1) is 22.6 Å². The highest BCUT2D eigenvalue weighted by Gasteiger charge is 2.16. The van der Waals surface area contributed by atoms with Gasteiger partial charge < -0.3 is 5.73 Å². The van der Waals surface area contributed by atoms with E-state index in [1.54, 1.807) is 0 Å². The van der Waals surface area contributed by atoms with Gasteiger partial charge >= 0.3 is 0 Å². The minimum atomic E-state index is -0.127. The molecule has 0 aliphatic rings. The number of hydrogen-bond donors (Lipinski definition) is 1. The summed E-state index contributed by atoms with van der Waals surface area (Å²) in [5, 5.41) is 14.0. The van der Waals surface area contributed by atoms with E-state index < -0.39 is 0 Å². The molecule has 108 valence electrons. The predicted molar refractivity (Wildman–Crippen MR) is 82.9 cm³/mol. The van der Waals surface area contributed by atoms with Gasteiger partial charge in [0.15, 0.2) is 0 Å². The molecule has 0 saturated carbocycles. The van der Waals surface area contributed by atoms with E-state index in [1.165, 1.54) is 0 Å². The normalized spacial score (nSPS) is 12.8. The second-order valence-corrected chi connectivity index (χ2v) is 5.42. The quantitative estimate of drug-likeness (QED) is 0.799. The largest absolute Gasteiger partial charge is 0.324 e. The molecule has 3 aromatic rings. The summed E-state index contributed by atoms with van der Waals surface area (Å²) in [6, 6.07) is 10.1. The average molecular weight is 281 g/mol. The Balaban J connectivity index is 1.96. The molecule has 0 aliphatic heterocycles. The van der Waals surface area contributed by atoms with Gasteiger partial charge in [0, 0.05) is 24.9 Å². The van der Waals surface area contributed by atoms with Gasteiger partial charge in [-0.05, 0) is 31.5 Å². The Labute approximate surface area is 123 Å². The Morgan fingerprint density at radius 2 is 1.95 bits per heavy atom. The molecule has 2 aromatic heterocycles. The van der Waals surface area contributed by atoms with Gasteiger partial charge in [0.2, 0.25) is 0 Å². The molecule has 2 N–H and O–H groups in total. The molecule has 5 heteroatoms. The van der Waals surface area contributed by atoms with E-state index in [-0.39, 0.29) is 6.04 Å². The van der Waals surface area contributed by atoms with E-state index >= 15 is 0 Å². The molecule has 0 radical (unpaired) electrons.